The van der Waals surface area contributed by atoms with Gasteiger partial charge in [0, 0.05) is 25.0 Å². The molecule has 1 atom stereocenters. The van der Waals surface area contributed by atoms with E-state index in [1.807, 2.05) is 6.07 Å². The highest BCUT2D eigenvalue weighted by molar-refractivity contribution is 6.03. The summed E-state index contributed by atoms with van der Waals surface area (Å²) in [6.45, 7) is 1.41. The normalized spacial score (nSPS) is 16.4. The lowest BCUT2D eigenvalue weighted by molar-refractivity contribution is 0.102. The van der Waals surface area contributed by atoms with Gasteiger partial charge < -0.3 is 15.4 Å². The Hall–Kier alpha value is -2.98. The van der Waals surface area contributed by atoms with Crippen molar-refractivity contribution in [1.82, 2.24) is 9.97 Å². The fourth-order valence-corrected chi connectivity index (χ4v) is 2.44. The number of aromatic nitrogens is 2. The number of hydrogen-bond acceptors (Lipinski definition) is 6. The molecule has 7 nitrogen and oxygen atoms in total. The van der Waals surface area contributed by atoms with E-state index >= 15 is 0 Å². The second kappa shape index (κ2) is 7.53. The first-order chi connectivity index (χ1) is 11.7. The molecule has 1 amide bonds. The molecule has 24 heavy (non-hydrogen) atoms. The van der Waals surface area contributed by atoms with Gasteiger partial charge in [-0.1, -0.05) is 6.07 Å². The molecule has 1 saturated heterocycles. The van der Waals surface area contributed by atoms with Gasteiger partial charge in [0.15, 0.2) is 0 Å². The number of rotatable bonds is 5. The van der Waals surface area contributed by atoms with Crippen molar-refractivity contribution in [3.05, 3.63) is 47.8 Å². The van der Waals surface area contributed by atoms with Crippen LogP contribution < -0.4 is 10.6 Å². The molecule has 7 heteroatoms. The Morgan fingerprint density at radius 3 is 3.12 bits per heavy atom. The van der Waals surface area contributed by atoms with Crippen molar-refractivity contribution in [2.24, 2.45) is 0 Å². The summed E-state index contributed by atoms with van der Waals surface area (Å²) in [5.74, 6) is 0.0385. The number of amides is 1. The zero-order valence-electron chi connectivity index (χ0n) is 13.0. The number of carbonyl (C=O) groups is 1. The molecule has 2 aromatic rings. The van der Waals surface area contributed by atoms with E-state index in [1.165, 1.54) is 6.20 Å². The summed E-state index contributed by atoms with van der Waals surface area (Å²) in [5, 5.41) is 14.7. The monoisotopic (exact) mass is 323 g/mol. The molecule has 0 bridgehead atoms. The summed E-state index contributed by atoms with van der Waals surface area (Å²) in [5.41, 5.74) is 1.28. The molecule has 0 radical (unpaired) electrons. The van der Waals surface area contributed by atoms with Crippen molar-refractivity contribution in [3.63, 3.8) is 0 Å². The molecule has 0 spiro atoms. The van der Waals surface area contributed by atoms with Crippen LogP contribution in [0.5, 0.6) is 0 Å². The van der Waals surface area contributed by atoms with E-state index in [0.717, 1.165) is 19.4 Å². The second-order valence-corrected chi connectivity index (χ2v) is 5.43. The van der Waals surface area contributed by atoms with Crippen LogP contribution in [0.15, 0.2) is 36.5 Å². The van der Waals surface area contributed by atoms with Gasteiger partial charge in [-0.2, -0.15) is 5.26 Å². The lowest BCUT2D eigenvalue weighted by atomic mass is 10.2. The molecule has 1 unspecified atom stereocenters. The van der Waals surface area contributed by atoms with Gasteiger partial charge in [-0.05, 0) is 37.1 Å². The third kappa shape index (κ3) is 4.06. The highest BCUT2D eigenvalue weighted by atomic mass is 16.5. The van der Waals surface area contributed by atoms with Crippen LogP contribution in [0.1, 0.15) is 28.9 Å². The lowest BCUT2D eigenvalue weighted by Gasteiger charge is -2.11. The minimum atomic E-state index is -0.354. The summed E-state index contributed by atoms with van der Waals surface area (Å²) in [6.07, 6.45) is 3.78. The number of nitrogens with one attached hydrogen (secondary N) is 2. The summed E-state index contributed by atoms with van der Waals surface area (Å²) < 4.78 is 5.53. The molecule has 3 rings (SSSR count). The number of nitriles is 1. The molecule has 122 valence electrons. The van der Waals surface area contributed by atoms with Crippen molar-refractivity contribution < 1.29 is 9.53 Å². The molecule has 1 aromatic heterocycles. The first-order valence-corrected chi connectivity index (χ1v) is 7.74. The Bertz CT molecular complexity index is 766. The molecule has 1 fully saturated rings. The first-order valence-electron chi connectivity index (χ1n) is 7.74. The third-order valence-electron chi connectivity index (χ3n) is 3.65. The number of benzene rings is 1. The van der Waals surface area contributed by atoms with E-state index in [1.54, 1.807) is 30.3 Å². The topological polar surface area (TPSA) is 99.9 Å². The standard InChI is InChI=1S/C17H17N5O2/c18-10-12-3-1-4-13(9-12)21-16(23)15-6-7-19-17(22-15)20-11-14-5-2-8-24-14/h1,3-4,6-7,9,14H,2,5,8,11H2,(H,21,23)(H,19,20,22). The Balaban J connectivity index is 1.64. The van der Waals surface area contributed by atoms with Gasteiger partial charge in [0.25, 0.3) is 5.91 Å². The van der Waals surface area contributed by atoms with E-state index in [-0.39, 0.29) is 17.7 Å². The number of anilines is 2. The summed E-state index contributed by atoms with van der Waals surface area (Å²) in [6, 6.07) is 10.3. The average molecular weight is 323 g/mol. The smallest absolute Gasteiger partial charge is 0.274 e. The lowest BCUT2D eigenvalue weighted by Crippen LogP contribution is -2.21. The van der Waals surface area contributed by atoms with Crippen LogP contribution in [-0.2, 0) is 4.74 Å². The maximum Gasteiger partial charge on any atom is 0.274 e. The zero-order valence-corrected chi connectivity index (χ0v) is 13.0. The Morgan fingerprint density at radius 1 is 1.42 bits per heavy atom. The summed E-state index contributed by atoms with van der Waals surface area (Å²) in [7, 11) is 0. The summed E-state index contributed by atoms with van der Waals surface area (Å²) in [4.78, 5) is 20.6. The first kappa shape index (κ1) is 15.9. The maximum atomic E-state index is 12.3. The van der Waals surface area contributed by atoms with Crippen LogP contribution in [0.2, 0.25) is 0 Å². The van der Waals surface area contributed by atoms with Crippen LogP contribution in [0.3, 0.4) is 0 Å². The SMILES string of the molecule is N#Cc1cccc(NC(=O)c2ccnc(NCC3CCCO3)n2)c1. The van der Waals surface area contributed by atoms with E-state index in [0.29, 0.717) is 23.7 Å². The molecular weight excluding hydrogens is 306 g/mol. The number of ether oxygens (including phenoxy) is 1. The molecule has 2 heterocycles. The molecule has 1 aromatic carbocycles. The number of carbonyl (C=O) groups excluding carboxylic acids is 1. The van der Waals surface area contributed by atoms with Crippen LogP contribution >= 0.6 is 0 Å². The van der Waals surface area contributed by atoms with Crippen molar-refractivity contribution in [1.29, 1.82) is 5.26 Å². The van der Waals surface area contributed by atoms with Crippen molar-refractivity contribution >= 4 is 17.5 Å². The average Bonchev–Trinajstić information content (AvgIpc) is 3.14. The minimum Gasteiger partial charge on any atom is -0.376 e. The quantitative estimate of drug-likeness (QED) is 0.875. The molecule has 1 aliphatic heterocycles. The highest BCUT2D eigenvalue weighted by Crippen LogP contribution is 2.13. The predicted molar refractivity (Wildman–Crippen MR) is 88.6 cm³/mol. The van der Waals surface area contributed by atoms with Gasteiger partial charge in [-0.3, -0.25) is 4.79 Å². The van der Waals surface area contributed by atoms with Gasteiger partial charge in [-0.15, -0.1) is 0 Å². The fraction of sp³-hybridized carbons (Fsp3) is 0.294. The van der Waals surface area contributed by atoms with E-state index in [4.69, 9.17) is 10.00 Å². The van der Waals surface area contributed by atoms with Gasteiger partial charge in [-0.25, -0.2) is 9.97 Å². The van der Waals surface area contributed by atoms with Gasteiger partial charge >= 0.3 is 0 Å². The molecule has 2 N–H and O–H groups in total. The highest BCUT2D eigenvalue weighted by Gasteiger charge is 2.16. The van der Waals surface area contributed by atoms with Gasteiger partial charge in [0.05, 0.1) is 17.7 Å². The number of nitrogens with zero attached hydrogens (tertiary/aromatic N) is 3. The third-order valence-corrected chi connectivity index (χ3v) is 3.65. The largest absolute Gasteiger partial charge is 0.376 e. The zero-order chi connectivity index (χ0) is 16.8. The molecular formula is C17H17N5O2. The predicted octanol–water partition coefficient (Wildman–Crippen LogP) is 2.19. The van der Waals surface area contributed by atoms with E-state index in [9.17, 15) is 4.79 Å². The molecule has 0 saturated carbocycles. The van der Waals surface area contributed by atoms with Crippen LogP contribution in [0, 0.1) is 11.3 Å². The minimum absolute atomic E-state index is 0.166. The Kier molecular flexibility index (Phi) is 4.99. The number of hydrogen-bond donors (Lipinski definition) is 2. The summed E-state index contributed by atoms with van der Waals surface area (Å²) >= 11 is 0. The van der Waals surface area contributed by atoms with Crippen LogP contribution in [-0.4, -0.2) is 35.1 Å². The molecule has 1 aliphatic rings. The second-order valence-electron chi connectivity index (χ2n) is 5.43. The van der Waals surface area contributed by atoms with Crippen molar-refractivity contribution in [2.75, 3.05) is 23.8 Å². The van der Waals surface area contributed by atoms with Crippen molar-refractivity contribution in [3.8, 4) is 6.07 Å². The van der Waals surface area contributed by atoms with Crippen molar-refractivity contribution in [2.45, 2.75) is 18.9 Å². The fourth-order valence-electron chi connectivity index (χ4n) is 2.44. The maximum absolute atomic E-state index is 12.3. The van der Waals surface area contributed by atoms with E-state index in [2.05, 4.69) is 20.6 Å². The van der Waals surface area contributed by atoms with Crippen LogP contribution in [0.25, 0.3) is 0 Å². The van der Waals surface area contributed by atoms with Crippen LogP contribution in [0.4, 0.5) is 11.6 Å². The van der Waals surface area contributed by atoms with E-state index < -0.39 is 0 Å². The van der Waals surface area contributed by atoms with Gasteiger partial charge in [0.2, 0.25) is 5.95 Å². The van der Waals surface area contributed by atoms with Gasteiger partial charge in [0.1, 0.15) is 5.69 Å². The molecule has 0 aliphatic carbocycles. The Morgan fingerprint density at radius 2 is 2.33 bits per heavy atom. The Labute approximate surface area is 139 Å².